The first-order valence-corrected chi connectivity index (χ1v) is 16.3. The Hall–Kier alpha value is -1.64. The van der Waals surface area contributed by atoms with E-state index in [1.165, 1.54) is 64.2 Å². The molecule has 0 aromatic heterocycles. The number of benzene rings is 1. The summed E-state index contributed by atoms with van der Waals surface area (Å²) in [6.07, 6.45) is 17.2. The van der Waals surface area contributed by atoms with Gasteiger partial charge in [0.25, 0.3) is 0 Å². The topological polar surface area (TPSA) is 43.4 Å². The molecule has 1 aromatic carbocycles. The monoisotopic (exact) mass is 534 g/mol. The molecule has 3 heteroatoms. The molecule has 39 heavy (non-hydrogen) atoms. The second-order valence-corrected chi connectivity index (χ2v) is 15.2. The summed E-state index contributed by atoms with van der Waals surface area (Å²) in [6.45, 7) is 12.8. The minimum Gasteiger partial charge on any atom is -0.460 e. The van der Waals surface area contributed by atoms with Crippen LogP contribution < -0.4 is 0 Å². The molecular weight excluding hydrogens is 480 g/mol. The second kappa shape index (κ2) is 11.0. The highest BCUT2D eigenvalue weighted by atomic mass is 16.5. The average molecular weight is 535 g/mol. The summed E-state index contributed by atoms with van der Waals surface area (Å²) in [6, 6.07) is 10.2. The van der Waals surface area contributed by atoms with Crippen molar-refractivity contribution in [3.63, 3.8) is 0 Å². The highest BCUT2D eigenvalue weighted by molar-refractivity contribution is 5.78. The fourth-order valence-electron chi connectivity index (χ4n) is 11.5. The van der Waals surface area contributed by atoms with Crippen LogP contribution in [0.15, 0.2) is 30.3 Å². The Balaban J connectivity index is 0.000000723. The summed E-state index contributed by atoms with van der Waals surface area (Å²) >= 11 is 0. The highest BCUT2D eigenvalue weighted by Gasteiger charge is 2.66. The van der Waals surface area contributed by atoms with E-state index in [0.29, 0.717) is 35.2 Å². The van der Waals surface area contributed by atoms with Gasteiger partial charge in [-0.3, -0.25) is 4.79 Å². The van der Waals surface area contributed by atoms with Crippen molar-refractivity contribution in [3.05, 3.63) is 35.9 Å². The number of hydrogen-bond acceptors (Lipinski definition) is 3. The maximum atomic E-state index is 13.7. The molecule has 0 radical (unpaired) electrons. The van der Waals surface area contributed by atoms with Gasteiger partial charge < -0.3 is 9.53 Å². The maximum absolute atomic E-state index is 13.7. The van der Waals surface area contributed by atoms with Crippen LogP contribution in [0.4, 0.5) is 0 Å². The van der Waals surface area contributed by atoms with E-state index in [1.54, 1.807) is 0 Å². The second-order valence-electron chi connectivity index (χ2n) is 15.2. The van der Waals surface area contributed by atoms with Crippen LogP contribution in [0, 0.1) is 51.2 Å². The van der Waals surface area contributed by atoms with Gasteiger partial charge in [-0.05, 0) is 116 Å². The number of carbonyl (C=O) groups is 2. The number of carbonyl (C=O) groups excluding carboxylic acids is 2. The van der Waals surface area contributed by atoms with E-state index in [9.17, 15) is 9.59 Å². The lowest BCUT2D eigenvalue weighted by Gasteiger charge is -2.68. The van der Waals surface area contributed by atoms with Gasteiger partial charge in [0.15, 0.2) is 0 Å². The fourth-order valence-corrected chi connectivity index (χ4v) is 11.5. The molecule has 0 bridgehead atoms. The third-order valence-electron chi connectivity index (χ3n) is 13.0. The molecule has 0 aliphatic heterocycles. The molecule has 5 aliphatic rings. The first-order chi connectivity index (χ1) is 18.6. The number of fused-ring (bicyclic) bond motifs is 7. The Bertz CT molecular complexity index is 1020. The lowest BCUT2D eigenvalue weighted by atomic mass is 9.36. The van der Waals surface area contributed by atoms with E-state index >= 15 is 0 Å². The average Bonchev–Trinajstić information content (AvgIpc) is 3.38. The Kier molecular flexibility index (Phi) is 8.13. The molecule has 3 nitrogen and oxygen atoms in total. The van der Waals surface area contributed by atoms with Crippen LogP contribution in [0.25, 0.3) is 0 Å². The molecule has 0 heterocycles. The third-order valence-corrected chi connectivity index (χ3v) is 13.0. The number of esters is 1. The molecule has 0 spiro atoms. The van der Waals surface area contributed by atoms with Gasteiger partial charge in [0.2, 0.25) is 0 Å². The molecule has 0 N–H and O–H groups in total. The number of aldehydes is 1. The summed E-state index contributed by atoms with van der Waals surface area (Å²) in [5, 5.41) is 0. The van der Waals surface area contributed by atoms with Crippen molar-refractivity contribution in [2.75, 3.05) is 0 Å². The van der Waals surface area contributed by atoms with Crippen molar-refractivity contribution in [2.24, 2.45) is 51.2 Å². The quantitative estimate of drug-likeness (QED) is 0.286. The number of rotatable bonds is 4. The van der Waals surface area contributed by atoms with Crippen molar-refractivity contribution in [1.82, 2.24) is 0 Å². The maximum Gasteiger partial charge on any atom is 0.312 e. The zero-order valence-corrected chi connectivity index (χ0v) is 25.5. The Morgan fingerprint density at radius 3 is 2.28 bits per heavy atom. The molecule has 1 aromatic rings. The van der Waals surface area contributed by atoms with Gasteiger partial charge in [-0.2, -0.15) is 0 Å². The largest absolute Gasteiger partial charge is 0.460 e. The van der Waals surface area contributed by atoms with E-state index < -0.39 is 0 Å². The molecule has 216 valence electrons. The van der Waals surface area contributed by atoms with Crippen molar-refractivity contribution < 1.29 is 14.3 Å². The smallest absolute Gasteiger partial charge is 0.312 e. The predicted molar refractivity (Wildman–Crippen MR) is 158 cm³/mol. The molecular formula is C36H54O3. The van der Waals surface area contributed by atoms with Crippen molar-refractivity contribution in [2.45, 2.75) is 125 Å². The summed E-state index contributed by atoms with van der Waals surface area (Å²) in [5.74, 6) is 3.97. The van der Waals surface area contributed by atoms with Crippen LogP contribution in [-0.2, 0) is 20.9 Å². The molecule has 8 atom stereocenters. The summed E-state index contributed by atoms with van der Waals surface area (Å²) in [5.41, 5.74) is 2.38. The highest BCUT2D eigenvalue weighted by Crippen LogP contribution is 2.73. The van der Waals surface area contributed by atoms with Crippen LogP contribution in [0.1, 0.15) is 124 Å². The first-order valence-electron chi connectivity index (χ1n) is 16.3. The number of ether oxygens (including phenoxy) is 1. The van der Waals surface area contributed by atoms with E-state index in [-0.39, 0.29) is 11.4 Å². The van der Waals surface area contributed by atoms with Gasteiger partial charge >= 0.3 is 5.97 Å². The molecule has 5 saturated carbocycles. The Labute approximate surface area is 238 Å². The summed E-state index contributed by atoms with van der Waals surface area (Å²) in [4.78, 5) is 22.9. The Morgan fingerprint density at radius 1 is 0.821 bits per heavy atom. The van der Waals surface area contributed by atoms with E-state index in [0.717, 1.165) is 48.4 Å². The molecule has 8 unspecified atom stereocenters. The van der Waals surface area contributed by atoms with Crippen LogP contribution >= 0.6 is 0 Å². The van der Waals surface area contributed by atoms with Crippen molar-refractivity contribution in [1.29, 1.82) is 0 Å². The third kappa shape index (κ3) is 4.82. The van der Waals surface area contributed by atoms with Crippen LogP contribution in [0.3, 0.4) is 0 Å². The molecule has 5 aliphatic carbocycles. The van der Waals surface area contributed by atoms with Gasteiger partial charge in [0, 0.05) is 6.42 Å². The molecule has 0 amide bonds. The lowest BCUT2D eigenvalue weighted by Crippen LogP contribution is -2.61. The van der Waals surface area contributed by atoms with Crippen LogP contribution in [0.2, 0.25) is 0 Å². The summed E-state index contributed by atoms with van der Waals surface area (Å²) in [7, 11) is 0. The lowest BCUT2D eigenvalue weighted by molar-refractivity contribution is -0.202. The van der Waals surface area contributed by atoms with Gasteiger partial charge in [-0.1, -0.05) is 77.8 Å². The van der Waals surface area contributed by atoms with Crippen LogP contribution in [-0.4, -0.2) is 12.3 Å². The van der Waals surface area contributed by atoms with Gasteiger partial charge in [0.05, 0.1) is 5.41 Å². The normalized spacial score (nSPS) is 41.9. The van der Waals surface area contributed by atoms with Gasteiger partial charge in [0.1, 0.15) is 12.9 Å². The molecule has 5 fully saturated rings. The SMILES string of the molecule is CC1(C)CCCC2(C)C1CCC1(C)C3CCC4(C(=O)OCc5ccccc5)CCCC4C3CCC12.CCC=O. The van der Waals surface area contributed by atoms with E-state index in [1.807, 2.05) is 25.1 Å². The van der Waals surface area contributed by atoms with E-state index in [2.05, 4.69) is 39.8 Å². The standard InChI is InChI=1S/C33H48O2.C3H6O/c1-30(2)17-9-18-32(4)27(30)16-20-31(3)25-15-21-33(29(34)35-22-23-10-6-5-7-11-23)19-8-12-26(33)24(25)13-14-28(31)32;1-2-3-4/h5-7,10-11,24-28H,8-9,12-22H2,1-4H3;3H,2H2,1H3. The Morgan fingerprint density at radius 2 is 1.56 bits per heavy atom. The number of hydrogen-bond donors (Lipinski definition) is 0. The zero-order valence-electron chi connectivity index (χ0n) is 25.5. The first kappa shape index (κ1) is 28.9. The fraction of sp³-hybridized carbons (Fsp3) is 0.778. The minimum atomic E-state index is -0.201. The summed E-state index contributed by atoms with van der Waals surface area (Å²) < 4.78 is 6.05. The molecule has 0 saturated heterocycles. The van der Waals surface area contributed by atoms with E-state index in [4.69, 9.17) is 4.74 Å². The van der Waals surface area contributed by atoms with Crippen LogP contribution in [0.5, 0.6) is 0 Å². The minimum absolute atomic E-state index is 0.124. The molecule has 6 rings (SSSR count). The van der Waals surface area contributed by atoms with Gasteiger partial charge in [-0.15, -0.1) is 0 Å². The predicted octanol–water partition coefficient (Wildman–Crippen LogP) is 9.18. The zero-order chi connectivity index (χ0) is 27.9. The van der Waals surface area contributed by atoms with Gasteiger partial charge in [-0.25, -0.2) is 0 Å². The van der Waals surface area contributed by atoms with Crippen molar-refractivity contribution in [3.8, 4) is 0 Å². The van der Waals surface area contributed by atoms with Crippen molar-refractivity contribution >= 4 is 12.3 Å².